The van der Waals surface area contributed by atoms with E-state index in [1.54, 1.807) is 11.8 Å². The highest BCUT2D eigenvalue weighted by Crippen LogP contribution is 2.35. The molecule has 1 amide bonds. The van der Waals surface area contributed by atoms with Crippen molar-refractivity contribution >= 4 is 29.2 Å². The fraction of sp³-hybridized carbons (Fsp3) is 0.500. The fourth-order valence-corrected chi connectivity index (χ4v) is 4.03. The van der Waals surface area contributed by atoms with E-state index in [1.165, 1.54) is 12.4 Å². The maximum atomic E-state index is 13.8. The number of nitrogens with zero attached hydrogens (tertiary/aromatic N) is 5. The summed E-state index contributed by atoms with van der Waals surface area (Å²) in [5.41, 5.74) is 6.71. The van der Waals surface area contributed by atoms with Crippen molar-refractivity contribution in [2.75, 3.05) is 42.1 Å². The van der Waals surface area contributed by atoms with Crippen molar-refractivity contribution in [3.63, 3.8) is 0 Å². The summed E-state index contributed by atoms with van der Waals surface area (Å²) in [6.45, 7) is 2.85. The molecule has 0 aliphatic carbocycles. The molecule has 2 aromatic heterocycles. The summed E-state index contributed by atoms with van der Waals surface area (Å²) in [5, 5.41) is 3.09. The zero-order chi connectivity index (χ0) is 21.3. The smallest absolute Gasteiger partial charge is 0.266 e. The van der Waals surface area contributed by atoms with Gasteiger partial charge in [-0.2, -0.15) is 0 Å². The predicted octanol–water partition coefficient (Wildman–Crippen LogP) is 2.77. The Kier molecular flexibility index (Phi) is 5.40. The second-order valence-corrected chi connectivity index (χ2v) is 7.91. The molecule has 0 aromatic carbocycles. The van der Waals surface area contributed by atoms with E-state index < -0.39 is 5.92 Å². The van der Waals surface area contributed by atoms with Gasteiger partial charge in [-0.3, -0.25) is 9.78 Å². The highest BCUT2D eigenvalue weighted by atomic mass is 19.3. The lowest BCUT2D eigenvalue weighted by Crippen LogP contribution is -2.36. The summed E-state index contributed by atoms with van der Waals surface area (Å²) in [5.74, 6) is -0.693. The molecular weight excluding hydrogens is 392 g/mol. The number of piperidine rings is 1. The lowest BCUT2D eigenvalue weighted by atomic mass is 9.89. The van der Waals surface area contributed by atoms with Gasteiger partial charge in [-0.15, -0.1) is 0 Å². The zero-order valence-corrected chi connectivity index (χ0v) is 16.8. The number of likely N-dealkylation sites (tertiary alicyclic amines) is 1. The van der Waals surface area contributed by atoms with Gasteiger partial charge in [0.25, 0.3) is 5.92 Å². The minimum Gasteiger partial charge on any atom is -0.382 e. The van der Waals surface area contributed by atoms with Gasteiger partial charge in [0, 0.05) is 33.0 Å². The number of anilines is 4. The maximum absolute atomic E-state index is 13.8. The largest absolute Gasteiger partial charge is 0.382 e. The third kappa shape index (κ3) is 4.58. The average Bonchev–Trinajstić information content (AvgIpc) is 3.08. The van der Waals surface area contributed by atoms with E-state index in [1.807, 2.05) is 17.0 Å². The van der Waals surface area contributed by atoms with E-state index in [9.17, 15) is 13.6 Å². The second kappa shape index (κ2) is 8.00. The van der Waals surface area contributed by atoms with Gasteiger partial charge in [-0.25, -0.2) is 18.7 Å². The van der Waals surface area contributed by atoms with Crippen molar-refractivity contribution in [2.45, 2.75) is 38.0 Å². The van der Waals surface area contributed by atoms with Crippen molar-refractivity contribution < 1.29 is 13.6 Å². The van der Waals surface area contributed by atoms with Gasteiger partial charge in [0.2, 0.25) is 5.91 Å². The minimum atomic E-state index is -2.71. The topological polar surface area (TPSA) is 100 Å². The van der Waals surface area contributed by atoms with Crippen LogP contribution in [0.2, 0.25) is 0 Å². The number of alkyl halides is 2. The molecule has 2 aliphatic heterocycles. The Morgan fingerprint density at radius 2 is 1.93 bits per heavy atom. The van der Waals surface area contributed by atoms with Crippen molar-refractivity contribution in [2.24, 2.45) is 0 Å². The molecule has 0 spiro atoms. The number of nitrogens with two attached hydrogens (primary N) is 1. The van der Waals surface area contributed by atoms with Gasteiger partial charge in [-0.05, 0) is 36.5 Å². The molecule has 0 bridgehead atoms. The summed E-state index contributed by atoms with van der Waals surface area (Å²) >= 11 is 0. The molecule has 2 saturated heterocycles. The second-order valence-electron chi connectivity index (χ2n) is 7.91. The number of hydrogen-bond acceptors (Lipinski definition) is 7. The molecule has 0 radical (unpaired) electrons. The van der Waals surface area contributed by atoms with Gasteiger partial charge in [0.15, 0.2) is 5.82 Å². The van der Waals surface area contributed by atoms with E-state index in [2.05, 4.69) is 20.3 Å². The highest BCUT2D eigenvalue weighted by Gasteiger charge is 2.39. The van der Waals surface area contributed by atoms with Crippen LogP contribution in [0.3, 0.4) is 0 Å². The normalized spacial score (nSPS) is 19.2. The number of nitrogen functional groups attached to an aromatic ring is 1. The number of rotatable bonds is 4. The van der Waals surface area contributed by atoms with Crippen LogP contribution in [0.1, 0.15) is 37.7 Å². The van der Waals surface area contributed by atoms with Crippen molar-refractivity contribution in [3.05, 3.63) is 30.1 Å². The van der Waals surface area contributed by atoms with E-state index in [0.29, 0.717) is 30.5 Å². The third-order valence-corrected chi connectivity index (χ3v) is 5.65. The monoisotopic (exact) mass is 417 g/mol. The molecule has 2 aromatic rings. The lowest BCUT2D eigenvalue weighted by molar-refractivity contribution is -0.129. The first kappa shape index (κ1) is 20.2. The molecule has 160 valence electrons. The van der Waals surface area contributed by atoms with Crippen molar-refractivity contribution in [1.82, 2.24) is 19.9 Å². The number of hydrogen-bond donors (Lipinski definition) is 2. The molecule has 4 rings (SSSR count). The summed E-state index contributed by atoms with van der Waals surface area (Å²) < 4.78 is 27.6. The number of amides is 1. The number of pyridine rings is 1. The number of carbonyl (C=O) groups is 1. The summed E-state index contributed by atoms with van der Waals surface area (Å²) in [6.07, 6.45) is 4.42. The fourth-order valence-electron chi connectivity index (χ4n) is 4.03. The Balaban J connectivity index is 1.62. The van der Waals surface area contributed by atoms with Gasteiger partial charge in [0.05, 0.1) is 18.9 Å². The van der Waals surface area contributed by atoms with E-state index >= 15 is 0 Å². The first-order valence-electron chi connectivity index (χ1n) is 10.0. The number of carbonyl (C=O) groups excluding carboxylic acids is 1. The summed E-state index contributed by atoms with van der Waals surface area (Å²) in [6, 6.07) is 3.81. The van der Waals surface area contributed by atoms with Crippen LogP contribution in [-0.2, 0) is 4.79 Å². The quantitative estimate of drug-likeness (QED) is 0.789. The third-order valence-electron chi connectivity index (χ3n) is 5.65. The van der Waals surface area contributed by atoms with E-state index in [-0.39, 0.29) is 37.2 Å². The summed E-state index contributed by atoms with van der Waals surface area (Å²) in [4.78, 5) is 27.8. The zero-order valence-electron chi connectivity index (χ0n) is 16.8. The molecule has 0 atom stereocenters. The molecule has 0 saturated carbocycles. The number of nitrogens with one attached hydrogen (secondary N) is 1. The Hall–Kier alpha value is -3.04. The van der Waals surface area contributed by atoms with Gasteiger partial charge < -0.3 is 20.9 Å². The van der Waals surface area contributed by atoms with Crippen LogP contribution in [0.4, 0.5) is 32.1 Å². The van der Waals surface area contributed by atoms with Crippen molar-refractivity contribution in [1.29, 1.82) is 0 Å². The van der Waals surface area contributed by atoms with Gasteiger partial charge in [-0.1, -0.05) is 0 Å². The molecule has 8 nitrogen and oxygen atoms in total. The minimum absolute atomic E-state index is 0.0748. The number of aromatic nitrogens is 3. The van der Waals surface area contributed by atoms with Crippen LogP contribution in [0.5, 0.6) is 0 Å². The Labute approximate surface area is 173 Å². The van der Waals surface area contributed by atoms with E-state index in [4.69, 9.17) is 5.73 Å². The molecule has 2 fully saturated rings. The average molecular weight is 417 g/mol. The van der Waals surface area contributed by atoms with Crippen LogP contribution in [0.15, 0.2) is 24.5 Å². The van der Waals surface area contributed by atoms with E-state index in [0.717, 1.165) is 18.4 Å². The standard InChI is InChI=1S/C20H25F2N7O/c1-13(30)28-5-2-14(3-6-28)15-8-17(26-18-11-24-10-16(23)25-18)27-19(9-15)29-7-4-20(21,22)12-29/h8-11,14H,2-7,12H2,1H3,(H3,23,25,26,27). The van der Waals surface area contributed by atoms with Crippen LogP contribution in [-0.4, -0.2) is 57.9 Å². The Morgan fingerprint density at radius 3 is 2.57 bits per heavy atom. The molecule has 0 unspecified atom stereocenters. The van der Waals surface area contributed by atoms with Gasteiger partial charge in [0.1, 0.15) is 17.5 Å². The Morgan fingerprint density at radius 1 is 1.17 bits per heavy atom. The molecular formula is C20H25F2N7O. The number of halogens is 2. The Bertz CT molecular complexity index is 931. The first-order chi connectivity index (χ1) is 14.3. The molecule has 10 heteroatoms. The van der Waals surface area contributed by atoms with Crippen LogP contribution in [0.25, 0.3) is 0 Å². The van der Waals surface area contributed by atoms with Crippen LogP contribution < -0.4 is 16.0 Å². The highest BCUT2D eigenvalue weighted by molar-refractivity contribution is 5.73. The molecule has 30 heavy (non-hydrogen) atoms. The SMILES string of the molecule is CC(=O)N1CCC(c2cc(Nc3cncc(N)n3)nc(N3CCC(F)(F)C3)c2)CC1. The first-order valence-corrected chi connectivity index (χ1v) is 10.0. The van der Waals surface area contributed by atoms with Gasteiger partial charge >= 0.3 is 0 Å². The van der Waals surface area contributed by atoms with Crippen molar-refractivity contribution in [3.8, 4) is 0 Å². The molecule has 3 N–H and O–H groups in total. The van der Waals surface area contributed by atoms with Crippen LogP contribution in [0, 0.1) is 0 Å². The predicted molar refractivity (Wildman–Crippen MR) is 110 cm³/mol. The van der Waals surface area contributed by atoms with Crippen LogP contribution >= 0.6 is 0 Å². The molecule has 4 heterocycles. The summed E-state index contributed by atoms with van der Waals surface area (Å²) in [7, 11) is 0. The maximum Gasteiger partial charge on any atom is 0.266 e. The molecule has 2 aliphatic rings. The lowest BCUT2D eigenvalue weighted by Gasteiger charge is -2.32.